The van der Waals surface area contributed by atoms with Crippen molar-refractivity contribution in [3.8, 4) is 0 Å². The van der Waals surface area contributed by atoms with E-state index in [0.717, 1.165) is 51.1 Å². The van der Waals surface area contributed by atoms with Gasteiger partial charge in [0.2, 0.25) is 0 Å². The van der Waals surface area contributed by atoms with Crippen LogP contribution in [0, 0.1) is 5.92 Å². The van der Waals surface area contributed by atoms with Gasteiger partial charge in [-0.2, -0.15) is 0 Å². The molecule has 4 heteroatoms. The van der Waals surface area contributed by atoms with Crippen LogP contribution in [0.5, 0.6) is 0 Å². The predicted molar refractivity (Wildman–Crippen MR) is 77.0 cm³/mol. The van der Waals surface area contributed by atoms with Crippen LogP contribution in [0.15, 0.2) is 4.99 Å². The molecule has 106 valence electrons. The van der Waals surface area contributed by atoms with Crippen molar-refractivity contribution in [3.63, 3.8) is 0 Å². The molecular weight excluding hydrogens is 226 g/mol. The Morgan fingerprint density at radius 1 is 1.22 bits per heavy atom. The van der Waals surface area contributed by atoms with Crippen LogP contribution in [0.1, 0.15) is 46.0 Å². The molecule has 0 aromatic rings. The molecule has 0 aromatic heterocycles. The largest absolute Gasteiger partial charge is 0.381 e. The van der Waals surface area contributed by atoms with E-state index in [2.05, 4.69) is 29.5 Å². The number of unbranched alkanes of at least 4 members (excludes halogenated alkanes) is 1. The molecule has 18 heavy (non-hydrogen) atoms. The summed E-state index contributed by atoms with van der Waals surface area (Å²) in [5.74, 6) is 1.80. The van der Waals surface area contributed by atoms with Crippen molar-refractivity contribution in [1.82, 2.24) is 10.6 Å². The number of nitrogens with zero attached hydrogens (tertiary/aromatic N) is 1. The number of aliphatic imine (C=N–C) groups is 1. The van der Waals surface area contributed by atoms with Gasteiger partial charge in [0.25, 0.3) is 0 Å². The number of hydrogen-bond acceptors (Lipinski definition) is 2. The summed E-state index contributed by atoms with van der Waals surface area (Å²) in [5, 5.41) is 6.60. The number of ether oxygens (including phenoxy) is 1. The molecule has 0 heterocycles. The lowest BCUT2D eigenvalue weighted by molar-refractivity contribution is 0.123. The summed E-state index contributed by atoms with van der Waals surface area (Å²) in [4.78, 5) is 4.53. The van der Waals surface area contributed by atoms with E-state index >= 15 is 0 Å². The predicted octanol–water partition coefficient (Wildman–Crippen LogP) is 2.16. The van der Waals surface area contributed by atoms with Gasteiger partial charge < -0.3 is 15.4 Å². The average Bonchev–Trinajstić information content (AvgIpc) is 3.17. The number of hydrogen-bond donors (Lipinski definition) is 2. The van der Waals surface area contributed by atoms with E-state index in [4.69, 9.17) is 4.74 Å². The second-order valence-corrected chi connectivity index (χ2v) is 4.91. The second-order valence-electron chi connectivity index (χ2n) is 4.91. The van der Waals surface area contributed by atoms with Crippen LogP contribution in [0.2, 0.25) is 0 Å². The molecule has 4 nitrogen and oxygen atoms in total. The minimum Gasteiger partial charge on any atom is -0.381 e. The van der Waals surface area contributed by atoms with Crippen LogP contribution < -0.4 is 10.6 Å². The Hall–Kier alpha value is -0.770. The van der Waals surface area contributed by atoms with Crippen molar-refractivity contribution in [3.05, 3.63) is 0 Å². The molecule has 0 unspecified atom stereocenters. The summed E-state index contributed by atoms with van der Waals surface area (Å²) in [6.45, 7) is 8.84. The van der Waals surface area contributed by atoms with Gasteiger partial charge in [-0.25, -0.2) is 0 Å². The summed E-state index contributed by atoms with van der Waals surface area (Å²) in [6, 6.07) is 0. The van der Waals surface area contributed by atoms with Gasteiger partial charge >= 0.3 is 0 Å². The molecule has 0 saturated heterocycles. The lowest BCUT2D eigenvalue weighted by Crippen LogP contribution is -2.37. The van der Waals surface area contributed by atoms with Gasteiger partial charge in [-0.15, -0.1) is 0 Å². The first-order valence-corrected chi connectivity index (χ1v) is 7.46. The zero-order valence-corrected chi connectivity index (χ0v) is 12.0. The van der Waals surface area contributed by atoms with Gasteiger partial charge in [-0.1, -0.05) is 13.3 Å². The molecule has 1 rings (SSSR count). The minimum atomic E-state index is 0.839. The molecule has 0 aliphatic heterocycles. The van der Waals surface area contributed by atoms with Crippen LogP contribution in [-0.2, 0) is 4.74 Å². The highest BCUT2D eigenvalue weighted by Gasteiger charge is 2.20. The van der Waals surface area contributed by atoms with Crippen molar-refractivity contribution >= 4 is 5.96 Å². The van der Waals surface area contributed by atoms with E-state index < -0.39 is 0 Å². The third-order valence-electron chi connectivity index (χ3n) is 2.93. The molecule has 0 bridgehead atoms. The van der Waals surface area contributed by atoms with Crippen molar-refractivity contribution < 1.29 is 4.74 Å². The molecule has 0 radical (unpaired) electrons. The fourth-order valence-electron chi connectivity index (χ4n) is 1.62. The van der Waals surface area contributed by atoms with Crippen LogP contribution >= 0.6 is 0 Å². The Labute approximate surface area is 112 Å². The first-order chi connectivity index (χ1) is 8.86. The molecule has 1 saturated carbocycles. The first kappa shape index (κ1) is 15.3. The van der Waals surface area contributed by atoms with Crippen molar-refractivity contribution in [2.45, 2.75) is 46.0 Å². The Bertz CT molecular complexity index is 227. The topological polar surface area (TPSA) is 45.7 Å². The summed E-state index contributed by atoms with van der Waals surface area (Å²) in [5.41, 5.74) is 0. The van der Waals surface area contributed by atoms with Gasteiger partial charge in [0.05, 0.1) is 0 Å². The zero-order chi connectivity index (χ0) is 13.1. The van der Waals surface area contributed by atoms with E-state index in [1.807, 2.05) is 0 Å². The molecule has 1 aliphatic carbocycles. The number of rotatable bonds is 10. The van der Waals surface area contributed by atoms with Gasteiger partial charge in [0.1, 0.15) is 0 Å². The highest BCUT2D eigenvalue weighted by molar-refractivity contribution is 5.79. The van der Waals surface area contributed by atoms with E-state index in [0.29, 0.717) is 0 Å². The highest BCUT2D eigenvalue weighted by Crippen LogP contribution is 2.28. The van der Waals surface area contributed by atoms with Gasteiger partial charge in [-0.05, 0) is 38.5 Å². The maximum atomic E-state index is 5.59. The third kappa shape index (κ3) is 8.34. The van der Waals surface area contributed by atoms with Crippen molar-refractivity contribution in [1.29, 1.82) is 0 Å². The molecule has 0 spiro atoms. The summed E-state index contributed by atoms with van der Waals surface area (Å²) >= 11 is 0. The summed E-state index contributed by atoms with van der Waals surface area (Å²) in [7, 11) is 0. The average molecular weight is 255 g/mol. The quantitative estimate of drug-likeness (QED) is 0.357. The fraction of sp³-hybridized carbons (Fsp3) is 0.929. The van der Waals surface area contributed by atoms with Crippen LogP contribution in [0.3, 0.4) is 0 Å². The van der Waals surface area contributed by atoms with E-state index in [-0.39, 0.29) is 0 Å². The van der Waals surface area contributed by atoms with Gasteiger partial charge in [-0.3, -0.25) is 4.99 Å². The Kier molecular flexibility index (Phi) is 8.65. The van der Waals surface area contributed by atoms with Crippen LogP contribution in [-0.4, -0.2) is 38.8 Å². The second kappa shape index (κ2) is 10.2. The van der Waals surface area contributed by atoms with E-state index in [9.17, 15) is 0 Å². The number of guanidine groups is 1. The fourth-order valence-corrected chi connectivity index (χ4v) is 1.62. The lowest BCUT2D eigenvalue weighted by atomic mass is 10.3. The standard InChI is InChI=1S/C14H29N3O/c1-3-5-9-16-14(15-4-2)17-10-6-11-18-12-13-7-8-13/h13H,3-12H2,1-2H3,(H2,15,16,17). The maximum absolute atomic E-state index is 5.59. The molecule has 1 fully saturated rings. The van der Waals surface area contributed by atoms with Gasteiger partial charge in [0, 0.05) is 32.8 Å². The van der Waals surface area contributed by atoms with Crippen LogP contribution in [0.25, 0.3) is 0 Å². The third-order valence-corrected chi connectivity index (χ3v) is 2.93. The SMILES string of the molecule is CCCCNC(=NCCCOCC1CC1)NCC. The van der Waals surface area contributed by atoms with E-state index in [1.165, 1.54) is 25.7 Å². The maximum Gasteiger partial charge on any atom is 0.191 e. The van der Waals surface area contributed by atoms with Gasteiger partial charge in [0.15, 0.2) is 5.96 Å². The summed E-state index contributed by atoms with van der Waals surface area (Å²) < 4.78 is 5.59. The first-order valence-electron chi connectivity index (χ1n) is 7.46. The lowest BCUT2D eigenvalue weighted by Gasteiger charge is -2.10. The Balaban J connectivity index is 2.01. The molecule has 0 aromatic carbocycles. The molecule has 1 aliphatic rings. The molecule has 0 atom stereocenters. The highest BCUT2D eigenvalue weighted by atomic mass is 16.5. The Morgan fingerprint density at radius 3 is 2.72 bits per heavy atom. The van der Waals surface area contributed by atoms with E-state index in [1.54, 1.807) is 0 Å². The summed E-state index contributed by atoms with van der Waals surface area (Å²) in [6.07, 6.45) is 6.14. The molecule has 0 amide bonds. The smallest absolute Gasteiger partial charge is 0.191 e. The normalized spacial score (nSPS) is 15.8. The zero-order valence-electron chi connectivity index (χ0n) is 12.0. The number of nitrogens with one attached hydrogen (secondary N) is 2. The minimum absolute atomic E-state index is 0.839. The van der Waals surface area contributed by atoms with Crippen LogP contribution in [0.4, 0.5) is 0 Å². The molecule has 2 N–H and O–H groups in total. The Morgan fingerprint density at radius 2 is 2.06 bits per heavy atom. The van der Waals surface area contributed by atoms with Crippen molar-refractivity contribution in [2.24, 2.45) is 10.9 Å². The molecular formula is C14H29N3O. The van der Waals surface area contributed by atoms with Crippen molar-refractivity contribution in [2.75, 3.05) is 32.8 Å². The monoisotopic (exact) mass is 255 g/mol.